The molecule has 4 atom stereocenters. The van der Waals surface area contributed by atoms with E-state index in [-0.39, 0.29) is 6.10 Å². The number of rotatable bonds is 4. The summed E-state index contributed by atoms with van der Waals surface area (Å²) < 4.78 is 0. The lowest BCUT2D eigenvalue weighted by Crippen LogP contribution is -2.33. The normalized spacial score (nSPS) is 35.6. The fourth-order valence-electron chi connectivity index (χ4n) is 2.87. The zero-order chi connectivity index (χ0) is 10.6. The largest absolute Gasteiger partial charge is 0.393 e. The van der Waals surface area contributed by atoms with Gasteiger partial charge in [0, 0.05) is 0 Å². The number of aliphatic hydroxyl groups is 1. The fraction of sp³-hybridized carbons (Fsp3) is 1.00. The second-order valence-electron chi connectivity index (χ2n) is 5.08. The van der Waals surface area contributed by atoms with Gasteiger partial charge in [-0.05, 0) is 37.0 Å². The van der Waals surface area contributed by atoms with Gasteiger partial charge in [0.25, 0.3) is 0 Å². The zero-order valence-electron chi connectivity index (χ0n) is 10.00. The van der Waals surface area contributed by atoms with E-state index in [9.17, 15) is 5.11 Å². The Morgan fingerprint density at radius 1 is 1.29 bits per heavy atom. The van der Waals surface area contributed by atoms with E-state index in [2.05, 4.69) is 20.8 Å². The van der Waals surface area contributed by atoms with Gasteiger partial charge < -0.3 is 5.11 Å². The molecule has 0 aromatic heterocycles. The molecule has 84 valence electrons. The third kappa shape index (κ3) is 2.98. The fourth-order valence-corrected chi connectivity index (χ4v) is 2.87. The molecule has 0 saturated heterocycles. The van der Waals surface area contributed by atoms with Gasteiger partial charge in [-0.25, -0.2) is 0 Å². The standard InChI is InChI=1S/C13H26O/c1-4-6-11-7-8-13(14)12(9-11)10(3)5-2/h10-14H,4-9H2,1-3H3. The summed E-state index contributed by atoms with van der Waals surface area (Å²) in [7, 11) is 0. The van der Waals surface area contributed by atoms with Gasteiger partial charge in [0.15, 0.2) is 0 Å². The van der Waals surface area contributed by atoms with Gasteiger partial charge >= 0.3 is 0 Å². The molecule has 1 nitrogen and oxygen atoms in total. The zero-order valence-corrected chi connectivity index (χ0v) is 10.00. The van der Waals surface area contributed by atoms with E-state index >= 15 is 0 Å². The van der Waals surface area contributed by atoms with Crippen LogP contribution in [0.4, 0.5) is 0 Å². The quantitative estimate of drug-likeness (QED) is 0.731. The molecule has 1 aliphatic rings. The average Bonchev–Trinajstić information content (AvgIpc) is 2.20. The molecule has 0 bridgehead atoms. The summed E-state index contributed by atoms with van der Waals surface area (Å²) in [4.78, 5) is 0. The Labute approximate surface area is 88.9 Å². The molecule has 1 saturated carbocycles. The third-order valence-corrected chi connectivity index (χ3v) is 4.04. The van der Waals surface area contributed by atoms with Crippen molar-refractivity contribution >= 4 is 0 Å². The van der Waals surface area contributed by atoms with Gasteiger partial charge in [-0.15, -0.1) is 0 Å². The molecule has 1 N–H and O–H groups in total. The topological polar surface area (TPSA) is 20.2 Å². The predicted molar refractivity (Wildman–Crippen MR) is 61.2 cm³/mol. The van der Waals surface area contributed by atoms with Crippen LogP contribution in [-0.4, -0.2) is 11.2 Å². The van der Waals surface area contributed by atoms with Crippen LogP contribution in [0.5, 0.6) is 0 Å². The Morgan fingerprint density at radius 3 is 2.57 bits per heavy atom. The SMILES string of the molecule is CCCC1CCC(O)C(C(C)CC)C1. The van der Waals surface area contributed by atoms with Crippen LogP contribution in [0.15, 0.2) is 0 Å². The summed E-state index contributed by atoms with van der Waals surface area (Å²) in [5, 5.41) is 9.96. The lowest BCUT2D eigenvalue weighted by atomic mass is 9.72. The number of aliphatic hydroxyl groups excluding tert-OH is 1. The van der Waals surface area contributed by atoms with Crippen molar-refractivity contribution in [1.82, 2.24) is 0 Å². The van der Waals surface area contributed by atoms with Gasteiger partial charge in [-0.1, -0.05) is 40.0 Å². The van der Waals surface area contributed by atoms with Crippen molar-refractivity contribution in [1.29, 1.82) is 0 Å². The number of hydrogen-bond acceptors (Lipinski definition) is 1. The molecule has 1 heteroatoms. The monoisotopic (exact) mass is 198 g/mol. The lowest BCUT2D eigenvalue weighted by Gasteiger charge is -2.36. The minimum atomic E-state index is -0.0157. The molecular formula is C13H26O. The van der Waals surface area contributed by atoms with Crippen LogP contribution >= 0.6 is 0 Å². The summed E-state index contributed by atoms with van der Waals surface area (Å²) in [6.45, 7) is 6.80. The third-order valence-electron chi connectivity index (χ3n) is 4.04. The maximum Gasteiger partial charge on any atom is 0.0571 e. The highest BCUT2D eigenvalue weighted by Gasteiger charge is 2.31. The van der Waals surface area contributed by atoms with Crippen LogP contribution in [0.3, 0.4) is 0 Å². The Hall–Kier alpha value is -0.0400. The molecular weight excluding hydrogens is 172 g/mol. The first-order valence-electron chi connectivity index (χ1n) is 6.37. The highest BCUT2D eigenvalue weighted by molar-refractivity contribution is 4.82. The first-order chi connectivity index (χ1) is 6.69. The van der Waals surface area contributed by atoms with Crippen LogP contribution in [0, 0.1) is 17.8 Å². The second kappa shape index (κ2) is 5.75. The van der Waals surface area contributed by atoms with Gasteiger partial charge in [0.1, 0.15) is 0 Å². The van der Waals surface area contributed by atoms with E-state index in [1.54, 1.807) is 0 Å². The summed E-state index contributed by atoms with van der Waals surface area (Å²) in [5.74, 6) is 2.16. The van der Waals surface area contributed by atoms with Crippen LogP contribution in [0.25, 0.3) is 0 Å². The molecule has 4 unspecified atom stereocenters. The molecule has 1 fully saturated rings. The maximum absolute atomic E-state index is 9.96. The molecule has 1 rings (SSSR count). The minimum Gasteiger partial charge on any atom is -0.393 e. The first-order valence-corrected chi connectivity index (χ1v) is 6.37. The highest BCUT2D eigenvalue weighted by atomic mass is 16.3. The van der Waals surface area contributed by atoms with E-state index < -0.39 is 0 Å². The predicted octanol–water partition coefficient (Wildman–Crippen LogP) is 3.61. The maximum atomic E-state index is 9.96. The van der Waals surface area contributed by atoms with E-state index in [4.69, 9.17) is 0 Å². The second-order valence-corrected chi connectivity index (χ2v) is 5.08. The molecule has 0 radical (unpaired) electrons. The summed E-state index contributed by atoms with van der Waals surface area (Å²) in [5.41, 5.74) is 0. The van der Waals surface area contributed by atoms with Gasteiger partial charge in [0.05, 0.1) is 6.10 Å². The van der Waals surface area contributed by atoms with Crippen molar-refractivity contribution < 1.29 is 5.11 Å². The molecule has 0 aromatic rings. The molecule has 0 aromatic carbocycles. The van der Waals surface area contributed by atoms with Crippen molar-refractivity contribution in [3.05, 3.63) is 0 Å². The van der Waals surface area contributed by atoms with Crippen LogP contribution in [0.1, 0.15) is 59.3 Å². The van der Waals surface area contributed by atoms with E-state index in [0.29, 0.717) is 11.8 Å². The highest BCUT2D eigenvalue weighted by Crippen LogP contribution is 2.37. The average molecular weight is 198 g/mol. The van der Waals surface area contributed by atoms with Gasteiger partial charge in [-0.3, -0.25) is 0 Å². The molecule has 0 aliphatic heterocycles. The van der Waals surface area contributed by atoms with Crippen molar-refractivity contribution in [2.75, 3.05) is 0 Å². The van der Waals surface area contributed by atoms with E-state index in [1.807, 2.05) is 0 Å². The summed E-state index contributed by atoms with van der Waals surface area (Å²) >= 11 is 0. The smallest absolute Gasteiger partial charge is 0.0571 e. The Kier molecular flexibility index (Phi) is 4.94. The van der Waals surface area contributed by atoms with Crippen molar-refractivity contribution in [2.24, 2.45) is 17.8 Å². The Balaban J connectivity index is 2.46. The summed E-state index contributed by atoms with van der Waals surface area (Å²) in [6.07, 6.45) is 7.41. The van der Waals surface area contributed by atoms with Crippen molar-refractivity contribution in [2.45, 2.75) is 65.4 Å². The Morgan fingerprint density at radius 2 is 2.00 bits per heavy atom. The van der Waals surface area contributed by atoms with Crippen molar-refractivity contribution in [3.8, 4) is 0 Å². The van der Waals surface area contributed by atoms with Gasteiger partial charge in [0.2, 0.25) is 0 Å². The Bertz CT molecular complexity index is 151. The van der Waals surface area contributed by atoms with E-state index in [0.717, 1.165) is 12.3 Å². The lowest BCUT2D eigenvalue weighted by molar-refractivity contribution is 0.0181. The summed E-state index contributed by atoms with van der Waals surface area (Å²) in [6, 6.07) is 0. The molecule has 0 spiro atoms. The molecule has 0 heterocycles. The van der Waals surface area contributed by atoms with Crippen LogP contribution in [0.2, 0.25) is 0 Å². The van der Waals surface area contributed by atoms with Crippen LogP contribution < -0.4 is 0 Å². The van der Waals surface area contributed by atoms with E-state index in [1.165, 1.54) is 32.1 Å². The number of hydrogen-bond donors (Lipinski definition) is 1. The van der Waals surface area contributed by atoms with Crippen molar-refractivity contribution in [3.63, 3.8) is 0 Å². The van der Waals surface area contributed by atoms with Crippen LogP contribution in [-0.2, 0) is 0 Å². The molecule has 14 heavy (non-hydrogen) atoms. The molecule has 0 amide bonds. The first kappa shape index (κ1) is 12.0. The van der Waals surface area contributed by atoms with Gasteiger partial charge in [-0.2, -0.15) is 0 Å². The molecule has 1 aliphatic carbocycles. The minimum absolute atomic E-state index is 0.0157.